The normalized spacial score (nSPS) is 12.9. The van der Waals surface area contributed by atoms with Gasteiger partial charge in [-0.3, -0.25) is 0 Å². The lowest BCUT2D eigenvalue weighted by Crippen LogP contribution is -2.45. The quantitative estimate of drug-likeness (QED) is 0.923. The summed E-state index contributed by atoms with van der Waals surface area (Å²) in [5.41, 5.74) is 6.12. The summed E-state index contributed by atoms with van der Waals surface area (Å²) in [6, 6.07) is 6.00. The van der Waals surface area contributed by atoms with Crippen LogP contribution in [0.2, 0.25) is 0 Å². The summed E-state index contributed by atoms with van der Waals surface area (Å²) in [7, 11) is 1.66. The fourth-order valence-corrected chi connectivity index (χ4v) is 1.75. The molecule has 0 aliphatic carbocycles. The van der Waals surface area contributed by atoms with Gasteiger partial charge in [-0.1, -0.05) is 12.1 Å². The molecule has 0 spiro atoms. The predicted octanol–water partition coefficient (Wildman–Crippen LogP) is 2.56. The van der Waals surface area contributed by atoms with Crippen LogP contribution in [0.25, 0.3) is 0 Å². The number of likely N-dealkylation sites (N-methyl/N-ethyl adjacent to an activating group) is 1. The van der Waals surface area contributed by atoms with Gasteiger partial charge in [0.2, 0.25) is 0 Å². The van der Waals surface area contributed by atoms with Gasteiger partial charge in [-0.15, -0.1) is 0 Å². The lowest BCUT2D eigenvalue weighted by Gasteiger charge is -2.30. The highest BCUT2D eigenvalue weighted by molar-refractivity contribution is 5.68. The van der Waals surface area contributed by atoms with Crippen LogP contribution in [0.1, 0.15) is 26.3 Å². The van der Waals surface area contributed by atoms with Crippen molar-refractivity contribution in [1.29, 1.82) is 0 Å². The van der Waals surface area contributed by atoms with Gasteiger partial charge in [0.1, 0.15) is 11.4 Å². The minimum atomic E-state index is -0.541. The Morgan fingerprint density at radius 3 is 2.35 bits per heavy atom. The third-order valence-corrected chi connectivity index (χ3v) is 2.89. The Labute approximate surface area is 119 Å². The average Bonchev–Trinajstić information content (AvgIpc) is 2.35. The summed E-state index contributed by atoms with van der Waals surface area (Å²) >= 11 is 0. The summed E-state index contributed by atoms with van der Waals surface area (Å²) in [6.07, 6.45) is 0.155. The molecule has 4 nitrogen and oxygen atoms in total. The fourth-order valence-electron chi connectivity index (χ4n) is 1.75. The number of hydrogen-bond acceptors (Lipinski definition) is 3. The van der Waals surface area contributed by atoms with Gasteiger partial charge in [-0.05, 0) is 44.9 Å². The van der Waals surface area contributed by atoms with E-state index in [1.165, 1.54) is 17.0 Å². The molecule has 1 aromatic rings. The molecule has 0 aliphatic heterocycles. The second kappa shape index (κ2) is 6.70. The summed E-state index contributed by atoms with van der Waals surface area (Å²) in [4.78, 5) is 13.5. The van der Waals surface area contributed by atoms with E-state index in [1.54, 1.807) is 19.2 Å². The molecule has 2 N–H and O–H groups in total. The van der Waals surface area contributed by atoms with Crippen LogP contribution in [0.4, 0.5) is 9.18 Å². The van der Waals surface area contributed by atoms with E-state index < -0.39 is 11.7 Å². The maximum atomic E-state index is 12.9. The lowest BCUT2D eigenvalue weighted by atomic mass is 10.1. The Hall–Kier alpha value is -1.62. The van der Waals surface area contributed by atoms with Crippen molar-refractivity contribution in [3.63, 3.8) is 0 Å². The maximum Gasteiger partial charge on any atom is 0.410 e. The van der Waals surface area contributed by atoms with E-state index >= 15 is 0 Å². The van der Waals surface area contributed by atoms with Crippen LogP contribution in [-0.2, 0) is 11.2 Å². The molecule has 0 aromatic heterocycles. The van der Waals surface area contributed by atoms with E-state index in [-0.39, 0.29) is 11.9 Å². The van der Waals surface area contributed by atoms with Crippen molar-refractivity contribution >= 4 is 6.09 Å². The molecule has 0 aliphatic rings. The number of benzene rings is 1. The molecule has 0 fully saturated rings. The average molecular weight is 282 g/mol. The smallest absolute Gasteiger partial charge is 0.410 e. The molecule has 20 heavy (non-hydrogen) atoms. The van der Waals surface area contributed by atoms with Crippen LogP contribution < -0.4 is 5.73 Å². The van der Waals surface area contributed by atoms with Crippen molar-refractivity contribution in [1.82, 2.24) is 4.90 Å². The largest absolute Gasteiger partial charge is 0.444 e. The first kappa shape index (κ1) is 16.4. The van der Waals surface area contributed by atoms with E-state index in [4.69, 9.17) is 10.5 Å². The lowest BCUT2D eigenvalue weighted by molar-refractivity contribution is 0.0228. The predicted molar refractivity (Wildman–Crippen MR) is 76.9 cm³/mol. The standard InChI is InChI=1S/C15H23FN2O2/c1-15(2,3)20-14(19)18(4)13(10-17)9-11-5-7-12(16)8-6-11/h5-8,13H,9-10,17H2,1-4H3. The molecule has 0 saturated carbocycles. The van der Waals surface area contributed by atoms with Crippen molar-refractivity contribution in [3.05, 3.63) is 35.6 Å². The monoisotopic (exact) mass is 282 g/mol. The number of carbonyl (C=O) groups excluding carboxylic acids is 1. The van der Waals surface area contributed by atoms with Gasteiger partial charge in [0, 0.05) is 13.6 Å². The zero-order valence-corrected chi connectivity index (χ0v) is 12.5. The number of amides is 1. The number of nitrogens with zero attached hydrogens (tertiary/aromatic N) is 1. The van der Waals surface area contributed by atoms with Crippen molar-refractivity contribution in [2.45, 2.75) is 38.8 Å². The molecule has 5 heteroatoms. The van der Waals surface area contributed by atoms with Gasteiger partial charge in [0.15, 0.2) is 0 Å². The number of carbonyl (C=O) groups is 1. The number of nitrogens with two attached hydrogens (primary N) is 1. The Bertz CT molecular complexity index is 440. The SMILES string of the molecule is CN(C(=O)OC(C)(C)C)C(CN)Cc1ccc(F)cc1. The fraction of sp³-hybridized carbons (Fsp3) is 0.533. The van der Waals surface area contributed by atoms with Crippen LogP contribution in [0.15, 0.2) is 24.3 Å². The van der Waals surface area contributed by atoms with E-state index in [1.807, 2.05) is 20.8 Å². The minimum Gasteiger partial charge on any atom is -0.444 e. The molecule has 0 saturated heterocycles. The molecule has 0 bridgehead atoms. The summed E-state index contributed by atoms with van der Waals surface area (Å²) in [5, 5.41) is 0. The highest BCUT2D eigenvalue weighted by Gasteiger charge is 2.24. The number of ether oxygens (including phenoxy) is 1. The van der Waals surface area contributed by atoms with Crippen molar-refractivity contribution in [2.24, 2.45) is 5.73 Å². The first-order valence-electron chi connectivity index (χ1n) is 6.63. The van der Waals surface area contributed by atoms with Gasteiger partial charge >= 0.3 is 6.09 Å². The second-order valence-corrected chi connectivity index (χ2v) is 5.81. The molecule has 1 aromatic carbocycles. The van der Waals surface area contributed by atoms with Gasteiger partial charge in [0.05, 0.1) is 6.04 Å². The zero-order chi connectivity index (χ0) is 15.3. The topological polar surface area (TPSA) is 55.6 Å². The molecule has 1 atom stereocenters. The zero-order valence-electron chi connectivity index (χ0n) is 12.5. The van der Waals surface area contributed by atoms with E-state index in [0.29, 0.717) is 13.0 Å². The number of halogens is 1. The van der Waals surface area contributed by atoms with Crippen molar-refractivity contribution in [2.75, 3.05) is 13.6 Å². The third kappa shape index (κ3) is 5.17. The van der Waals surface area contributed by atoms with Gasteiger partial charge in [0.25, 0.3) is 0 Å². The highest BCUT2D eigenvalue weighted by atomic mass is 19.1. The van der Waals surface area contributed by atoms with Gasteiger partial charge < -0.3 is 15.4 Å². The molecule has 0 heterocycles. The molecular weight excluding hydrogens is 259 g/mol. The van der Waals surface area contributed by atoms with Crippen LogP contribution in [0.3, 0.4) is 0 Å². The molecule has 112 valence electrons. The molecule has 1 amide bonds. The van der Waals surface area contributed by atoms with E-state index in [2.05, 4.69) is 0 Å². The Kier molecular flexibility index (Phi) is 5.51. The Morgan fingerprint density at radius 2 is 1.90 bits per heavy atom. The van der Waals surface area contributed by atoms with Gasteiger partial charge in [-0.25, -0.2) is 9.18 Å². The molecular formula is C15H23FN2O2. The van der Waals surface area contributed by atoms with Crippen LogP contribution in [0, 0.1) is 5.82 Å². The third-order valence-electron chi connectivity index (χ3n) is 2.89. The molecule has 1 unspecified atom stereocenters. The first-order chi connectivity index (χ1) is 9.23. The van der Waals surface area contributed by atoms with Crippen LogP contribution in [0.5, 0.6) is 0 Å². The number of rotatable bonds is 4. The van der Waals surface area contributed by atoms with Crippen LogP contribution in [-0.4, -0.2) is 36.2 Å². The molecule has 0 radical (unpaired) electrons. The summed E-state index contributed by atoms with van der Waals surface area (Å²) in [5.74, 6) is -0.279. The van der Waals surface area contributed by atoms with E-state index in [0.717, 1.165) is 5.56 Å². The first-order valence-corrected chi connectivity index (χ1v) is 6.63. The van der Waals surface area contributed by atoms with E-state index in [9.17, 15) is 9.18 Å². The highest BCUT2D eigenvalue weighted by Crippen LogP contribution is 2.13. The number of hydrogen-bond donors (Lipinski definition) is 1. The van der Waals surface area contributed by atoms with Gasteiger partial charge in [-0.2, -0.15) is 0 Å². The van der Waals surface area contributed by atoms with Crippen molar-refractivity contribution < 1.29 is 13.9 Å². The summed E-state index contributed by atoms with van der Waals surface area (Å²) < 4.78 is 18.2. The molecule has 1 rings (SSSR count). The second-order valence-electron chi connectivity index (χ2n) is 5.81. The summed E-state index contributed by atoms with van der Waals surface area (Å²) in [6.45, 7) is 5.76. The van der Waals surface area contributed by atoms with Crippen LogP contribution >= 0.6 is 0 Å². The maximum absolute atomic E-state index is 12.9. The Morgan fingerprint density at radius 1 is 1.35 bits per heavy atom. The Balaban J connectivity index is 2.70. The van der Waals surface area contributed by atoms with Crippen molar-refractivity contribution in [3.8, 4) is 0 Å². The minimum absolute atomic E-state index is 0.185.